The number of guanidine groups is 1. The Balaban J connectivity index is 2.38. The smallest absolute Gasteiger partial charge is 0.335 e. The second-order valence-corrected chi connectivity index (χ2v) is 4.49. The lowest BCUT2D eigenvalue weighted by Gasteiger charge is -2.07. The molecule has 0 atom stereocenters. The summed E-state index contributed by atoms with van der Waals surface area (Å²) in [5, 5.41) is 21.4. The molecule has 0 radical (unpaired) electrons. The van der Waals surface area contributed by atoms with E-state index >= 15 is 0 Å². The minimum atomic E-state index is -0.964. The van der Waals surface area contributed by atoms with Gasteiger partial charge in [-0.1, -0.05) is 6.42 Å². The van der Waals surface area contributed by atoms with Gasteiger partial charge in [-0.3, -0.25) is 4.99 Å². The normalized spacial score (nSPS) is 11.3. The van der Waals surface area contributed by atoms with E-state index in [-0.39, 0.29) is 11.3 Å². The molecule has 0 aliphatic rings. The number of hydrogen-bond donors (Lipinski definition) is 4. The Kier molecular flexibility index (Phi) is 6.36. The number of nitrogens with one attached hydrogen (secondary N) is 1. The van der Waals surface area contributed by atoms with Crippen molar-refractivity contribution in [1.82, 2.24) is 5.32 Å². The Morgan fingerprint density at radius 2 is 2.10 bits per heavy atom. The molecule has 0 saturated heterocycles. The second kappa shape index (κ2) is 8.04. The van der Waals surface area contributed by atoms with E-state index in [2.05, 4.69) is 10.3 Å². The number of nitrogens with zero attached hydrogens (tertiary/aromatic N) is 1. The molecule has 0 bridgehead atoms. The van der Waals surface area contributed by atoms with Crippen molar-refractivity contribution < 1.29 is 15.0 Å². The fraction of sp³-hybridized carbons (Fsp3) is 0.429. The van der Waals surface area contributed by atoms with Gasteiger partial charge in [0.1, 0.15) is 5.75 Å². The summed E-state index contributed by atoms with van der Waals surface area (Å²) in [5.41, 5.74) is 6.41. The molecule has 1 aromatic rings. The topological polar surface area (TPSA) is 108 Å². The van der Waals surface area contributed by atoms with Crippen molar-refractivity contribution in [3.8, 4) is 5.75 Å². The van der Waals surface area contributed by atoms with Crippen LogP contribution in [0, 0.1) is 0 Å². The van der Waals surface area contributed by atoms with Gasteiger partial charge in [-0.25, -0.2) is 4.79 Å². The van der Waals surface area contributed by atoms with Crippen LogP contribution in [0.4, 0.5) is 0 Å². The first-order chi connectivity index (χ1) is 9.54. The molecule has 20 heavy (non-hydrogen) atoms. The van der Waals surface area contributed by atoms with Crippen LogP contribution in [0.1, 0.15) is 35.2 Å². The number of nitrogens with two attached hydrogens (primary N) is 1. The van der Waals surface area contributed by atoms with E-state index < -0.39 is 5.97 Å². The zero-order valence-electron chi connectivity index (χ0n) is 11.6. The molecule has 5 N–H and O–H groups in total. The minimum Gasteiger partial charge on any atom is -0.508 e. The molecular weight excluding hydrogens is 258 g/mol. The van der Waals surface area contributed by atoms with E-state index in [9.17, 15) is 9.90 Å². The average molecular weight is 279 g/mol. The third kappa shape index (κ3) is 5.17. The lowest BCUT2D eigenvalue weighted by Crippen LogP contribution is -2.32. The van der Waals surface area contributed by atoms with Crippen molar-refractivity contribution in [1.29, 1.82) is 0 Å². The molecule has 1 aromatic carbocycles. The second-order valence-electron chi connectivity index (χ2n) is 4.49. The van der Waals surface area contributed by atoms with Gasteiger partial charge in [0.2, 0.25) is 0 Å². The zero-order chi connectivity index (χ0) is 15.0. The monoisotopic (exact) mass is 279 g/mol. The Morgan fingerprint density at radius 3 is 2.75 bits per heavy atom. The molecule has 0 aliphatic carbocycles. The molecule has 1 rings (SSSR count). The highest BCUT2D eigenvalue weighted by Crippen LogP contribution is 2.19. The fourth-order valence-electron chi connectivity index (χ4n) is 1.91. The van der Waals surface area contributed by atoms with Crippen LogP contribution in [0.5, 0.6) is 5.75 Å². The van der Waals surface area contributed by atoms with E-state index in [0.717, 1.165) is 25.8 Å². The maximum atomic E-state index is 11.1. The number of phenolic OH excluding ortho intramolecular Hbond substituents is 1. The number of carboxylic acids is 1. The number of aliphatic imine (C=N–C) groups is 1. The van der Waals surface area contributed by atoms with Gasteiger partial charge in [0, 0.05) is 13.6 Å². The standard InChI is InChI=1S/C14H21N3O3/c1-16-14(15)17-8-4-2-3-5-10-9-11(18)6-7-12(10)13(19)20/h6-7,9,18H,2-5,8H2,1H3,(H,19,20)(H3,15,16,17). The number of benzene rings is 1. The van der Waals surface area contributed by atoms with Crippen molar-refractivity contribution in [3.63, 3.8) is 0 Å². The highest BCUT2D eigenvalue weighted by atomic mass is 16.4. The molecule has 0 saturated carbocycles. The maximum Gasteiger partial charge on any atom is 0.335 e. The summed E-state index contributed by atoms with van der Waals surface area (Å²) in [4.78, 5) is 14.8. The van der Waals surface area contributed by atoms with E-state index in [1.807, 2.05) is 0 Å². The molecule has 6 heteroatoms. The van der Waals surface area contributed by atoms with Crippen LogP contribution < -0.4 is 11.1 Å². The number of rotatable bonds is 7. The summed E-state index contributed by atoms with van der Waals surface area (Å²) < 4.78 is 0. The number of aromatic carboxylic acids is 1. The van der Waals surface area contributed by atoms with Crippen molar-refractivity contribution in [2.75, 3.05) is 13.6 Å². The van der Waals surface area contributed by atoms with Gasteiger partial charge >= 0.3 is 5.97 Å². The quantitative estimate of drug-likeness (QED) is 0.342. The zero-order valence-corrected chi connectivity index (χ0v) is 11.6. The van der Waals surface area contributed by atoms with Crippen LogP contribution in [-0.4, -0.2) is 35.7 Å². The molecule has 0 heterocycles. The number of aromatic hydroxyl groups is 1. The first kappa shape index (κ1) is 15.8. The van der Waals surface area contributed by atoms with Crippen LogP contribution in [0.3, 0.4) is 0 Å². The summed E-state index contributed by atoms with van der Waals surface area (Å²) in [5.74, 6) is -0.446. The van der Waals surface area contributed by atoms with Crippen LogP contribution in [-0.2, 0) is 6.42 Å². The number of carbonyl (C=O) groups is 1. The van der Waals surface area contributed by atoms with E-state index in [0.29, 0.717) is 17.9 Å². The highest BCUT2D eigenvalue weighted by Gasteiger charge is 2.10. The van der Waals surface area contributed by atoms with Gasteiger partial charge in [-0.2, -0.15) is 0 Å². The third-order valence-corrected chi connectivity index (χ3v) is 2.99. The largest absolute Gasteiger partial charge is 0.508 e. The molecule has 0 aliphatic heterocycles. The van der Waals surface area contributed by atoms with E-state index in [1.54, 1.807) is 7.05 Å². The van der Waals surface area contributed by atoms with E-state index in [4.69, 9.17) is 10.8 Å². The summed E-state index contributed by atoms with van der Waals surface area (Å²) >= 11 is 0. The van der Waals surface area contributed by atoms with Gasteiger partial charge in [0.05, 0.1) is 5.56 Å². The molecule has 0 fully saturated rings. The van der Waals surface area contributed by atoms with Crippen molar-refractivity contribution >= 4 is 11.9 Å². The fourth-order valence-corrected chi connectivity index (χ4v) is 1.91. The first-order valence-electron chi connectivity index (χ1n) is 6.56. The molecule has 6 nitrogen and oxygen atoms in total. The summed E-state index contributed by atoms with van der Waals surface area (Å²) in [6.45, 7) is 0.745. The Bertz CT molecular complexity index is 487. The average Bonchev–Trinajstić information content (AvgIpc) is 2.42. The third-order valence-electron chi connectivity index (χ3n) is 2.99. The van der Waals surface area contributed by atoms with Crippen LogP contribution in [0.15, 0.2) is 23.2 Å². The minimum absolute atomic E-state index is 0.0959. The van der Waals surface area contributed by atoms with Crippen LogP contribution in [0.2, 0.25) is 0 Å². The molecule has 0 aromatic heterocycles. The van der Waals surface area contributed by atoms with Gasteiger partial charge < -0.3 is 21.3 Å². The van der Waals surface area contributed by atoms with Crippen LogP contribution in [0.25, 0.3) is 0 Å². The Labute approximate surface area is 118 Å². The Morgan fingerprint density at radius 1 is 1.35 bits per heavy atom. The number of phenols is 1. The SMILES string of the molecule is CN=C(N)NCCCCCc1cc(O)ccc1C(=O)O. The number of carboxylic acid groups (broad SMARTS) is 1. The van der Waals surface area contributed by atoms with Crippen molar-refractivity contribution in [2.24, 2.45) is 10.7 Å². The van der Waals surface area contributed by atoms with Gasteiger partial charge in [-0.05, 0) is 43.0 Å². The lowest BCUT2D eigenvalue weighted by molar-refractivity contribution is 0.0695. The van der Waals surface area contributed by atoms with Gasteiger partial charge in [-0.15, -0.1) is 0 Å². The molecular formula is C14H21N3O3. The lowest BCUT2D eigenvalue weighted by atomic mass is 10.0. The predicted octanol–water partition coefficient (Wildman–Crippen LogP) is 1.34. The molecule has 0 unspecified atom stereocenters. The van der Waals surface area contributed by atoms with Crippen molar-refractivity contribution in [3.05, 3.63) is 29.3 Å². The van der Waals surface area contributed by atoms with Gasteiger partial charge in [0.25, 0.3) is 0 Å². The number of hydrogen-bond acceptors (Lipinski definition) is 3. The summed E-state index contributed by atoms with van der Waals surface area (Å²) in [6, 6.07) is 4.35. The molecule has 0 spiro atoms. The maximum absolute atomic E-state index is 11.1. The Hall–Kier alpha value is -2.24. The number of unbranched alkanes of at least 4 members (excludes halogenated alkanes) is 2. The summed E-state index contributed by atoms with van der Waals surface area (Å²) in [7, 11) is 1.62. The predicted molar refractivity (Wildman–Crippen MR) is 78.2 cm³/mol. The van der Waals surface area contributed by atoms with E-state index in [1.165, 1.54) is 18.2 Å². The summed E-state index contributed by atoms with van der Waals surface area (Å²) in [6.07, 6.45) is 3.36. The van der Waals surface area contributed by atoms with Gasteiger partial charge in [0.15, 0.2) is 5.96 Å². The molecule has 0 amide bonds. The van der Waals surface area contributed by atoms with Crippen LogP contribution >= 0.6 is 0 Å². The number of aryl methyl sites for hydroxylation is 1. The first-order valence-corrected chi connectivity index (χ1v) is 6.56. The highest BCUT2D eigenvalue weighted by molar-refractivity contribution is 5.89. The van der Waals surface area contributed by atoms with Crippen molar-refractivity contribution in [2.45, 2.75) is 25.7 Å². The molecule has 110 valence electrons.